The van der Waals surface area contributed by atoms with Crippen LogP contribution >= 0.6 is 0 Å². The highest BCUT2D eigenvalue weighted by atomic mass is 16.2. The van der Waals surface area contributed by atoms with Crippen molar-refractivity contribution in [1.29, 1.82) is 0 Å². The number of amides is 1. The number of nitrogens with one attached hydrogen (secondary N) is 1. The molecule has 0 saturated carbocycles. The molecule has 0 radical (unpaired) electrons. The minimum atomic E-state index is -0.332. The van der Waals surface area contributed by atoms with Gasteiger partial charge in [0.15, 0.2) is 0 Å². The lowest BCUT2D eigenvalue weighted by molar-refractivity contribution is 0.0947. The molecule has 0 aliphatic carbocycles. The molecule has 1 amide bonds. The molecule has 0 bridgehead atoms. The van der Waals surface area contributed by atoms with Crippen molar-refractivity contribution in [3.8, 4) is 0 Å². The third-order valence-corrected chi connectivity index (χ3v) is 5.21. The molecule has 2 heterocycles. The number of likely N-dealkylation sites (N-methyl/N-ethyl adjacent to an activating group) is 1. The molecule has 29 heavy (non-hydrogen) atoms. The molecular formula is C23H28N4O2. The second kappa shape index (κ2) is 9.98. The van der Waals surface area contributed by atoms with E-state index < -0.39 is 0 Å². The van der Waals surface area contributed by atoms with Gasteiger partial charge in [0, 0.05) is 37.4 Å². The van der Waals surface area contributed by atoms with E-state index in [2.05, 4.69) is 29.0 Å². The number of aromatic nitrogens is 2. The summed E-state index contributed by atoms with van der Waals surface area (Å²) in [5.74, 6) is -0.332. The molecule has 0 fully saturated rings. The van der Waals surface area contributed by atoms with Gasteiger partial charge in [0.2, 0.25) is 0 Å². The average molecular weight is 393 g/mol. The number of nitrogens with zero attached hydrogens (tertiary/aromatic N) is 3. The van der Waals surface area contributed by atoms with Gasteiger partial charge in [0.05, 0.1) is 5.52 Å². The fourth-order valence-electron chi connectivity index (χ4n) is 3.46. The van der Waals surface area contributed by atoms with Gasteiger partial charge in [-0.05, 0) is 37.2 Å². The number of fused-ring (bicyclic) bond motifs is 1. The second-order valence-electron chi connectivity index (χ2n) is 6.97. The van der Waals surface area contributed by atoms with Crippen molar-refractivity contribution in [3.63, 3.8) is 0 Å². The smallest absolute Gasteiger partial charge is 0.263 e. The average Bonchev–Trinajstić information content (AvgIpc) is 2.76. The lowest BCUT2D eigenvalue weighted by Crippen LogP contribution is -2.38. The van der Waals surface area contributed by atoms with Gasteiger partial charge in [-0.3, -0.25) is 14.6 Å². The van der Waals surface area contributed by atoms with E-state index in [4.69, 9.17) is 0 Å². The van der Waals surface area contributed by atoms with Crippen LogP contribution in [0.3, 0.4) is 0 Å². The first kappa shape index (κ1) is 20.7. The SMILES string of the molecule is CCN(CC)CCNC(=O)c1cc2cnccc2n(CCc2ccccc2)c1=O. The van der Waals surface area contributed by atoms with Crippen LogP contribution in [0.2, 0.25) is 0 Å². The Morgan fingerprint density at radius 2 is 1.90 bits per heavy atom. The molecule has 0 atom stereocenters. The normalized spacial score (nSPS) is 11.1. The Morgan fingerprint density at radius 3 is 2.62 bits per heavy atom. The van der Waals surface area contributed by atoms with E-state index in [9.17, 15) is 9.59 Å². The van der Waals surface area contributed by atoms with Gasteiger partial charge in [0.1, 0.15) is 5.56 Å². The molecule has 1 aromatic carbocycles. The number of rotatable bonds is 9. The summed E-state index contributed by atoms with van der Waals surface area (Å²) >= 11 is 0. The highest BCUT2D eigenvalue weighted by molar-refractivity contribution is 5.97. The Bertz CT molecular complexity index is 1010. The van der Waals surface area contributed by atoms with Crippen LogP contribution in [-0.2, 0) is 13.0 Å². The second-order valence-corrected chi connectivity index (χ2v) is 6.97. The quantitative estimate of drug-likeness (QED) is 0.608. The first-order valence-corrected chi connectivity index (χ1v) is 10.2. The number of hydrogen-bond acceptors (Lipinski definition) is 4. The minimum Gasteiger partial charge on any atom is -0.351 e. The van der Waals surface area contributed by atoms with E-state index in [0.29, 0.717) is 19.5 Å². The van der Waals surface area contributed by atoms with E-state index in [0.717, 1.165) is 36.1 Å². The van der Waals surface area contributed by atoms with Gasteiger partial charge in [-0.15, -0.1) is 0 Å². The summed E-state index contributed by atoms with van der Waals surface area (Å²) in [7, 11) is 0. The van der Waals surface area contributed by atoms with Crippen molar-refractivity contribution in [2.75, 3.05) is 26.2 Å². The molecule has 6 heteroatoms. The molecule has 0 aliphatic rings. The van der Waals surface area contributed by atoms with Crippen molar-refractivity contribution in [2.24, 2.45) is 0 Å². The zero-order valence-corrected chi connectivity index (χ0v) is 17.1. The fraction of sp³-hybridized carbons (Fsp3) is 0.348. The Morgan fingerprint density at radius 1 is 1.14 bits per heavy atom. The van der Waals surface area contributed by atoms with Crippen LogP contribution in [0, 0.1) is 0 Å². The zero-order chi connectivity index (χ0) is 20.6. The van der Waals surface area contributed by atoms with E-state index in [1.807, 2.05) is 36.4 Å². The number of pyridine rings is 2. The molecule has 6 nitrogen and oxygen atoms in total. The van der Waals surface area contributed by atoms with Gasteiger partial charge in [-0.1, -0.05) is 44.2 Å². The van der Waals surface area contributed by atoms with Crippen LogP contribution in [0.1, 0.15) is 29.8 Å². The van der Waals surface area contributed by atoms with Gasteiger partial charge < -0.3 is 14.8 Å². The van der Waals surface area contributed by atoms with Crippen LogP contribution < -0.4 is 10.9 Å². The van der Waals surface area contributed by atoms with Crippen molar-refractivity contribution < 1.29 is 4.79 Å². The van der Waals surface area contributed by atoms with Crippen LogP contribution in [0.25, 0.3) is 10.9 Å². The monoisotopic (exact) mass is 392 g/mol. The summed E-state index contributed by atoms with van der Waals surface area (Å²) in [6, 6.07) is 13.5. The molecule has 0 unspecified atom stereocenters. The van der Waals surface area contributed by atoms with E-state index >= 15 is 0 Å². The number of carbonyl (C=O) groups is 1. The number of carbonyl (C=O) groups excluding carboxylic acids is 1. The third kappa shape index (κ3) is 5.09. The largest absolute Gasteiger partial charge is 0.351 e. The molecule has 0 aliphatic heterocycles. The van der Waals surface area contributed by atoms with Crippen LogP contribution in [0.4, 0.5) is 0 Å². The summed E-state index contributed by atoms with van der Waals surface area (Å²) in [4.78, 5) is 32.2. The highest BCUT2D eigenvalue weighted by Crippen LogP contribution is 2.13. The Hall–Kier alpha value is -2.99. The summed E-state index contributed by atoms with van der Waals surface area (Å²) in [5.41, 5.74) is 1.84. The van der Waals surface area contributed by atoms with Crippen molar-refractivity contribution in [3.05, 3.63) is 76.3 Å². The molecular weight excluding hydrogens is 364 g/mol. The highest BCUT2D eigenvalue weighted by Gasteiger charge is 2.16. The van der Waals surface area contributed by atoms with Crippen molar-refractivity contribution in [2.45, 2.75) is 26.8 Å². The lowest BCUT2D eigenvalue weighted by atomic mass is 10.1. The maximum atomic E-state index is 13.1. The standard InChI is InChI=1S/C23H28N4O2/c1-3-26(4-2)15-13-25-22(28)20-16-19-17-24-12-10-21(19)27(23(20)29)14-11-18-8-6-5-7-9-18/h5-10,12,16-17H,3-4,11,13-15H2,1-2H3,(H,25,28). The van der Waals surface area contributed by atoms with Gasteiger partial charge in [-0.2, -0.15) is 0 Å². The summed E-state index contributed by atoms with van der Waals surface area (Å²) in [5, 5.41) is 3.68. The molecule has 3 rings (SSSR count). The Balaban J connectivity index is 1.85. The van der Waals surface area contributed by atoms with Crippen LogP contribution in [0.15, 0.2) is 59.7 Å². The summed E-state index contributed by atoms with van der Waals surface area (Å²) in [6.45, 7) is 7.82. The first-order chi connectivity index (χ1) is 14.1. The van der Waals surface area contributed by atoms with Gasteiger partial charge in [-0.25, -0.2) is 0 Å². The van der Waals surface area contributed by atoms with Gasteiger partial charge >= 0.3 is 0 Å². The van der Waals surface area contributed by atoms with Crippen LogP contribution in [0.5, 0.6) is 0 Å². The molecule has 2 aromatic heterocycles. The predicted molar refractivity (Wildman–Crippen MR) is 116 cm³/mol. The van der Waals surface area contributed by atoms with Crippen LogP contribution in [-0.4, -0.2) is 46.5 Å². The van der Waals surface area contributed by atoms with Crippen molar-refractivity contribution >= 4 is 16.8 Å². The Labute approximate surface area is 171 Å². The maximum absolute atomic E-state index is 13.1. The number of benzene rings is 1. The lowest BCUT2D eigenvalue weighted by Gasteiger charge is -2.18. The van der Waals surface area contributed by atoms with E-state index in [-0.39, 0.29) is 17.0 Å². The Kier molecular flexibility index (Phi) is 7.14. The first-order valence-electron chi connectivity index (χ1n) is 10.2. The third-order valence-electron chi connectivity index (χ3n) is 5.21. The van der Waals surface area contributed by atoms with Gasteiger partial charge in [0.25, 0.3) is 11.5 Å². The topological polar surface area (TPSA) is 67.2 Å². The number of aryl methyl sites for hydroxylation is 2. The van der Waals surface area contributed by atoms with E-state index in [1.165, 1.54) is 0 Å². The summed E-state index contributed by atoms with van der Waals surface area (Å²) < 4.78 is 1.68. The fourth-order valence-corrected chi connectivity index (χ4v) is 3.46. The van der Waals surface area contributed by atoms with Crippen molar-refractivity contribution in [1.82, 2.24) is 19.8 Å². The zero-order valence-electron chi connectivity index (χ0n) is 17.1. The predicted octanol–water partition coefficient (Wildman–Crippen LogP) is 2.71. The summed E-state index contributed by atoms with van der Waals surface area (Å²) in [6.07, 6.45) is 4.08. The molecule has 1 N–H and O–H groups in total. The molecule has 152 valence electrons. The van der Waals surface area contributed by atoms with E-state index in [1.54, 1.807) is 23.0 Å². The maximum Gasteiger partial charge on any atom is 0.263 e. The molecule has 0 saturated heterocycles. The molecule has 0 spiro atoms. The molecule has 3 aromatic rings. The number of hydrogen-bond donors (Lipinski definition) is 1. The minimum absolute atomic E-state index is 0.165.